The molecule has 6 heteroatoms. The molecular formula is C20H26N4O2. The van der Waals surface area contributed by atoms with Crippen LogP contribution in [0.15, 0.2) is 48.9 Å². The van der Waals surface area contributed by atoms with E-state index in [1.54, 1.807) is 18.6 Å². The second-order valence-electron chi connectivity index (χ2n) is 6.62. The van der Waals surface area contributed by atoms with Crippen molar-refractivity contribution in [3.63, 3.8) is 0 Å². The van der Waals surface area contributed by atoms with Gasteiger partial charge in [0.2, 0.25) is 5.88 Å². The zero-order valence-corrected chi connectivity index (χ0v) is 14.9. The van der Waals surface area contributed by atoms with Crippen molar-refractivity contribution in [2.24, 2.45) is 0 Å². The van der Waals surface area contributed by atoms with Crippen molar-refractivity contribution < 1.29 is 9.53 Å². The summed E-state index contributed by atoms with van der Waals surface area (Å²) in [5.41, 5.74) is 1.30. The smallest absolute Gasteiger partial charge is 0.315 e. The highest BCUT2D eigenvalue weighted by molar-refractivity contribution is 5.74. The van der Waals surface area contributed by atoms with Crippen LogP contribution < -0.4 is 15.4 Å². The Bertz CT molecular complexity index is 658. The Morgan fingerprint density at radius 1 is 1.12 bits per heavy atom. The van der Waals surface area contributed by atoms with E-state index in [1.165, 1.54) is 5.56 Å². The second-order valence-corrected chi connectivity index (χ2v) is 6.62. The van der Waals surface area contributed by atoms with Crippen molar-refractivity contribution in [3.05, 3.63) is 54.5 Å². The molecule has 0 radical (unpaired) electrons. The number of nitrogens with one attached hydrogen (secondary N) is 2. The molecule has 2 aromatic rings. The number of carbonyl (C=O) groups is 1. The summed E-state index contributed by atoms with van der Waals surface area (Å²) in [6.45, 7) is 0.686. The molecule has 0 aliphatic heterocycles. The van der Waals surface area contributed by atoms with Gasteiger partial charge in [0.05, 0.1) is 6.20 Å². The van der Waals surface area contributed by atoms with Crippen molar-refractivity contribution in [2.45, 2.75) is 50.7 Å². The van der Waals surface area contributed by atoms with Gasteiger partial charge in [0, 0.05) is 25.0 Å². The van der Waals surface area contributed by atoms with Crippen LogP contribution in [0.3, 0.4) is 0 Å². The molecule has 1 saturated carbocycles. The maximum Gasteiger partial charge on any atom is 0.315 e. The number of hydrogen-bond acceptors (Lipinski definition) is 4. The fourth-order valence-electron chi connectivity index (χ4n) is 3.22. The normalized spacial score (nSPS) is 19.5. The molecule has 1 heterocycles. The van der Waals surface area contributed by atoms with Crippen LogP contribution in [0.25, 0.3) is 0 Å². The number of urea groups is 1. The lowest BCUT2D eigenvalue weighted by Crippen LogP contribution is -2.45. The van der Waals surface area contributed by atoms with Gasteiger partial charge in [0.1, 0.15) is 6.10 Å². The third kappa shape index (κ3) is 6.02. The summed E-state index contributed by atoms with van der Waals surface area (Å²) in [5, 5.41) is 6.02. The molecule has 0 unspecified atom stereocenters. The molecule has 0 atom stereocenters. The topological polar surface area (TPSA) is 76.1 Å². The lowest BCUT2D eigenvalue weighted by atomic mass is 9.93. The molecule has 0 saturated heterocycles. The van der Waals surface area contributed by atoms with E-state index in [1.807, 2.05) is 18.2 Å². The predicted octanol–water partition coefficient (Wildman–Crippen LogP) is 3.10. The zero-order chi connectivity index (χ0) is 18.0. The van der Waals surface area contributed by atoms with E-state index in [4.69, 9.17) is 4.74 Å². The SMILES string of the molecule is O=C(NCCCc1ccccc1)NC1CCC(Oc2cnccn2)CC1. The lowest BCUT2D eigenvalue weighted by Gasteiger charge is -2.29. The highest BCUT2D eigenvalue weighted by atomic mass is 16.5. The van der Waals surface area contributed by atoms with Crippen LogP contribution in [0.4, 0.5) is 4.79 Å². The van der Waals surface area contributed by atoms with Crippen molar-refractivity contribution in [1.29, 1.82) is 0 Å². The van der Waals surface area contributed by atoms with Crippen LogP contribution in [0.1, 0.15) is 37.7 Å². The summed E-state index contributed by atoms with van der Waals surface area (Å²) in [6.07, 6.45) is 10.6. The molecule has 6 nitrogen and oxygen atoms in total. The van der Waals surface area contributed by atoms with E-state index in [2.05, 4.69) is 32.7 Å². The maximum absolute atomic E-state index is 12.0. The van der Waals surface area contributed by atoms with Crippen molar-refractivity contribution in [2.75, 3.05) is 6.54 Å². The minimum atomic E-state index is -0.0728. The summed E-state index contributed by atoms with van der Waals surface area (Å²) in [5.74, 6) is 0.570. The van der Waals surface area contributed by atoms with Crippen molar-refractivity contribution in [1.82, 2.24) is 20.6 Å². The van der Waals surface area contributed by atoms with Gasteiger partial charge in [-0.1, -0.05) is 30.3 Å². The van der Waals surface area contributed by atoms with E-state index in [9.17, 15) is 4.79 Å². The molecular weight excluding hydrogens is 328 g/mol. The molecule has 1 aromatic carbocycles. The molecule has 1 aliphatic carbocycles. The minimum Gasteiger partial charge on any atom is -0.473 e. The fraction of sp³-hybridized carbons (Fsp3) is 0.450. The Morgan fingerprint density at radius 3 is 2.65 bits per heavy atom. The minimum absolute atomic E-state index is 0.0728. The first-order valence-corrected chi connectivity index (χ1v) is 9.30. The molecule has 138 valence electrons. The number of nitrogens with zero attached hydrogens (tertiary/aromatic N) is 2. The van der Waals surface area contributed by atoms with Gasteiger partial charge < -0.3 is 15.4 Å². The highest BCUT2D eigenvalue weighted by Crippen LogP contribution is 2.22. The predicted molar refractivity (Wildman–Crippen MR) is 100 cm³/mol. The molecule has 26 heavy (non-hydrogen) atoms. The van der Waals surface area contributed by atoms with Gasteiger partial charge in [-0.3, -0.25) is 4.98 Å². The monoisotopic (exact) mass is 354 g/mol. The van der Waals surface area contributed by atoms with Gasteiger partial charge in [-0.05, 0) is 44.1 Å². The Hall–Kier alpha value is -2.63. The number of aryl methyl sites for hydroxylation is 1. The largest absolute Gasteiger partial charge is 0.473 e. The van der Waals surface area contributed by atoms with Crippen LogP contribution in [0, 0.1) is 0 Å². The Kier molecular flexibility index (Phi) is 6.81. The molecule has 0 spiro atoms. The number of hydrogen-bond donors (Lipinski definition) is 2. The van der Waals surface area contributed by atoms with Crippen LogP contribution in [-0.2, 0) is 6.42 Å². The Morgan fingerprint density at radius 2 is 1.92 bits per heavy atom. The molecule has 2 amide bonds. The number of carbonyl (C=O) groups excluding carboxylic acids is 1. The van der Waals surface area contributed by atoms with Gasteiger partial charge >= 0.3 is 6.03 Å². The summed E-state index contributed by atoms with van der Waals surface area (Å²) < 4.78 is 5.83. The molecule has 1 aromatic heterocycles. The van der Waals surface area contributed by atoms with E-state index in [0.29, 0.717) is 12.4 Å². The third-order valence-electron chi connectivity index (χ3n) is 4.61. The van der Waals surface area contributed by atoms with E-state index in [-0.39, 0.29) is 18.2 Å². The molecule has 1 fully saturated rings. The molecule has 3 rings (SSSR count). The summed E-state index contributed by atoms with van der Waals surface area (Å²) in [7, 11) is 0. The second kappa shape index (κ2) is 9.75. The average Bonchev–Trinajstić information content (AvgIpc) is 2.68. The lowest BCUT2D eigenvalue weighted by molar-refractivity contribution is 0.134. The van der Waals surface area contributed by atoms with Gasteiger partial charge in [-0.15, -0.1) is 0 Å². The van der Waals surface area contributed by atoms with E-state index >= 15 is 0 Å². The number of rotatable bonds is 7. The van der Waals surface area contributed by atoms with E-state index < -0.39 is 0 Å². The first kappa shape index (κ1) is 18.2. The van der Waals surface area contributed by atoms with Crippen LogP contribution in [0.2, 0.25) is 0 Å². The Balaban J connectivity index is 1.28. The standard InChI is InChI=1S/C20H26N4O2/c25-20(23-12-4-7-16-5-2-1-3-6-16)24-17-8-10-18(11-9-17)26-19-15-21-13-14-22-19/h1-3,5-6,13-15,17-18H,4,7-12H2,(H2,23,24,25). The number of aromatic nitrogens is 2. The first-order valence-electron chi connectivity index (χ1n) is 9.30. The third-order valence-corrected chi connectivity index (χ3v) is 4.61. The zero-order valence-electron chi connectivity index (χ0n) is 14.9. The molecule has 2 N–H and O–H groups in total. The average molecular weight is 354 g/mol. The van der Waals surface area contributed by atoms with Crippen LogP contribution in [-0.4, -0.2) is 34.7 Å². The summed E-state index contributed by atoms with van der Waals surface area (Å²) in [4.78, 5) is 20.2. The van der Waals surface area contributed by atoms with Crippen molar-refractivity contribution >= 4 is 6.03 Å². The highest BCUT2D eigenvalue weighted by Gasteiger charge is 2.23. The van der Waals surface area contributed by atoms with Gasteiger partial charge in [-0.25, -0.2) is 9.78 Å². The quantitative estimate of drug-likeness (QED) is 0.749. The van der Waals surface area contributed by atoms with Crippen LogP contribution in [0.5, 0.6) is 5.88 Å². The number of benzene rings is 1. The van der Waals surface area contributed by atoms with E-state index in [0.717, 1.165) is 38.5 Å². The maximum atomic E-state index is 12.0. The summed E-state index contributed by atoms with van der Waals surface area (Å²) in [6, 6.07) is 10.5. The van der Waals surface area contributed by atoms with Crippen LogP contribution >= 0.6 is 0 Å². The van der Waals surface area contributed by atoms with Gasteiger partial charge in [0.25, 0.3) is 0 Å². The molecule has 0 bridgehead atoms. The van der Waals surface area contributed by atoms with Gasteiger partial charge in [0.15, 0.2) is 0 Å². The van der Waals surface area contributed by atoms with Crippen molar-refractivity contribution in [3.8, 4) is 5.88 Å². The fourth-order valence-corrected chi connectivity index (χ4v) is 3.22. The molecule has 1 aliphatic rings. The number of amides is 2. The van der Waals surface area contributed by atoms with Gasteiger partial charge in [-0.2, -0.15) is 0 Å². The Labute approximate surface area is 154 Å². The first-order chi connectivity index (χ1) is 12.8. The summed E-state index contributed by atoms with van der Waals surface area (Å²) >= 11 is 0. The number of ether oxygens (including phenoxy) is 1.